The van der Waals surface area contributed by atoms with Crippen LogP contribution in [0, 0.1) is 5.92 Å². The zero-order valence-corrected chi connectivity index (χ0v) is 12.0. The zero-order valence-electron chi connectivity index (χ0n) is 12.0. The third-order valence-corrected chi connectivity index (χ3v) is 4.74. The van der Waals surface area contributed by atoms with E-state index < -0.39 is 0 Å². The Balaban J connectivity index is 1.69. The minimum atomic E-state index is -0.148. The number of hydrogen-bond donors (Lipinski definition) is 0. The molecule has 19 heavy (non-hydrogen) atoms. The van der Waals surface area contributed by atoms with Crippen molar-refractivity contribution in [2.45, 2.75) is 57.8 Å². The summed E-state index contributed by atoms with van der Waals surface area (Å²) in [5.74, 6) is 1.26. The quantitative estimate of drug-likeness (QED) is 0.801. The van der Waals surface area contributed by atoms with Gasteiger partial charge in [0.25, 0.3) is 0 Å². The number of fused-ring (bicyclic) bond motifs is 1. The summed E-state index contributed by atoms with van der Waals surface area (Å²) in [6, 6.07) is 8.77. The van der Waals surface area contributed by atoms with Gasteiger partial charge in [-0.15, -0.1) is 0 Å². The molecule has 1 aromatic rings. The van der Waals surface area contributed by atoms with E-state index in [1.54, 1.807) is 0 Å². The van der Waals surface area contributed by atoms with Crippen LogP contribution in [-0.4, -0.2) is 12.7 Å². The van der Waals surface area contributed by atoms with E-state index in [2.05, 4.69) is 38.1 Å². The Labute approximate surface area is 116 Å². The second-order valence-electron chi connectivity index (χ2n) is 6.01. The van der Waals surface area contributed by atoms with Crippen LogP contribution in [0.15, 0.2) is 24.3 Å². The van der Waals surface area contributed by atoms with Gasteiger partial charge >= 0.3 is 0 Å². The molecule has 1 aromatic carbocycles. The van der Waals surface area contributed by atoms with E-state index in [-0.39, 0.29) is 6.29 Å². The molecular weight excluding hydrogens is 236 g/mol. The van der Waals surface area contributed by atoms with Gasteiger partial charge in [-0.05, 0) is 30.7 Å². The normalized spacial score (nSPS) is 32.0. The molecule has 0 amide bonds. The van der Waals surface area contributed by atoms with E-state index in [0.29, 0.717) is 17.9 Å². The largest absolute Gasteiger partial charge is 0.348 e. The van der Waals surface area contributed by atoms with Gasteiger partial charge in [-0.1, -0.05) is 44.5 Å². The molecule has 2 heteroatoms. The highest BCUT2D eigenvalue weighted by Gasteiger charge is 2.35. The molecule has 0 aromatic heterocycles. The van der Waals surface area contributed by atoms with Crippen LogP contribution in [0.2, 0.25) is 0 Å². The van der Waals surface area contributed by atoms with E-state index in [9.17, 15) is 0 Å². The molecule has 3 rings (SSSR count). The fourth-order valence-electron chi connectivity index (χ4n) is 3.17. The molecule has 1 saturated carbocycles. The standard InChI is InChI=1S/C17H24O2/c1-3-12(2)13-7-9-14(10-8-13)17-18-11-15-5-4-6-16(15)19-17/h7-10,12,15-17H,3-6,11H2,1-2H3. The van der Waals surface area contributed by atoms with E-state index >= 15 is 0 Å². The lowest BCUT2D eigenvalue weighted by molar-refractivity contribution is -0.233. The highest BCUT2D eigenvalue weighted by atomic mass is 16.7. The van der Waals surface area contributed by atoms with Crippen LogP contribution < -0.4 is 0 Å². The minimum absolute atomic E-state index is 0.148. The molecule has 0 bridgehead atoms. The summed E-state index contributed by atoms with van der Waals surface area (Å²) >= 11 is 0. The Bertz CT molecular complexity index is 412. The second kappa shape index (κ2) is 5.64. The van der Waals surface area contributed by atoms with Crippen LogP contribution in [0.25, 0.3) is 0 Å². The molecule has 104 valence electrons. The molecule has 2 aliphatic rings. The first kappa shape index (κ1) is 13.1. The summed E-state index contributed by atoms with van der Waals surface area (Å²) in [6.45, 7) is 5.36. The molecule has 1 saturated heterocycles. The van der Waals surface area contributed by atoms with Gasteiger partial charge in [0.2, 0.25) is 0 Å². The molecule has 0 radical (unpaired) electrons. The molecule has 4 atom stereocenters. The average molecular weight is 260 g/mol. The van der Waals surface area contributed by atoms with Crippen molar-refractivity contribution in [1.29, 1.82) is 0 Å². The highest BCUT2D eigenvalue weighted by molar-refractivity contribution is 5.26. The van der Waals surface area contributed by atoms with E-state index in [4.69, 9.17) is 9.47 Å². The van der Waals surface area contributed by atoms with Crippen LogP contribution in [-0.2, 0) is 9.47 Å². The van der Waals surface area contributed by atoms with Gasteiger partial charge in [0.1, 0.15) is 0 Å². The predicted molar refractivity (Wildman–Crippen MR) is 76.1 cm³/mol. The highest BCUT2D eigenvalue weighted by Crippen LogP contribution is 2.38. The molecule has 2 nitrogen and oxygen atoms in total. The fourth-order valence-corrected chi connectivity index (χ4v) is 3.17. The summed E-state index contributed by atoms with van der Waals surface area (Å²) in [6.07, 6.45) is 5.22. The zero-order chi connectivity index (χ0) is 13.2. The summed E-state index contributed by atoms with van der Waals surface area (Å²) in [4.78, 5) is 0. The van der Waals surface area contributed by atoms with Crippen LogP contribution >= 0.6 is 0 Å². The molecule has 1 heterocycles. The van der Waals surface area contributed by atoms with Crippen molar-refractivity contribution in [2.75, 3.05) is 6.61 Å². The summed E-state index contributed by atoms with van der Waals surface area (Å²) in [5, 5.41) is 0. The molecule has 0 spiro atoms. The number of benzene rings is 1. The maximum atomic E-state index is 6.10. The summed E-state index contributed by atoms with van der Waals surface area (Å²) in [5.41, 5.74) is 2.57. The summed E-state index contributed by atoms with van der Waals surface area (Å²) in [7, 11) is 0. The molecule has 4 unspecified atom stereocenters. The van der Waals surface area contributed by atoms with E-state index in [0.717, 1.165) is 12.2 Å². The number of ether oxygens (including phenoxy) is 2. The molecule has 2 fully saturated rings. The minimum Gasteiger partial charge on any atom is -0.348 e. The molecule has 1 aliphatic carbocycles. The van der Waals surface area contributed by atoms with Crippen molar-refractivity contribution in [1.82, 2.24) is 0 Å². The third kappa shape index (κ3) is 2.70. The fraction of sp³-hybridized carbons (Fsp3) is 0.647. The van der Waals surface area contributed by atoms with Crippen molar-refractivity contribution in [3.05, 3.63) is 35.4 Å². The lowest BCUT2D eigenvalue weighted by Gasteiger charge is -2.33. The maximum absolute atomic E-state index is 6.10. The monoisotopic (exact) mass is 260 g/mol. The third-order valence-electron chi connectivity index (χ3n) is 4.74. The van der Waals surface area contributed by atoms with Crippen LogP contribution in [0.3, 0.4) is 0 Å². The predicted octanol–water partition coefficient (Wildman–Crippen LogP) is 4.41. The number of hydrogen-bond acceptors (Lipinski definition) is 2. The summed E-state index contributed by atoms with van der Waals surface area (Å²) < 4.78 is 12.0. The second-order valence-corrected chi connectivity index (χ2v) is 6.01. The van der Waals surface area contributed by atoms with Gasteiger partial charge in [-0.25, -0.2) is 0 Å². The van der Waals surface area contributed by atoms with Crippen molar-refractivity contribution in [3.8, 4) is 0 Å². The first-order valence-corrected chi connectivity index (χ1v) is 7.65. The molecule has 1 aliphatic heterocycles. The topological polar surface area (TPSA) is 18.5 Å². The van der Waals surface area contributed by atoms with Gasteiger partial charge < -0.3 is 9.47 Å². The first-order valence-electron chi connectivity index (χ1n) is 7.65. The van der Waals surface area contributed by atoms with Gasteiger partial charge in [-0.3, -0.25) is 0 Å². The van der Waals surface area contributed by atoms with Crippen molar-refractivity contribution < 1.29 is 9.47 Å². The van der Waals surface area contributed by atoms with Gasteiger partial charge in [0.15, 0.2) is 6.29 Å². The number of rotatable bonds is 3. The van der Waals surface area contributed by atoms with Crippen LogP contribution in [0.1, 0.15) is 62.9 Å². The lowest BCUT2D eigenvalue weighted by atomic mass is 9.97. The van der Waals surface area contributed by atoms with Crippen molar-refractivity contribution >= 4 is 0 Å². The van der Waals surface area contributed by atoms with Gasteiger partial charge in [-0.2, -0.15) is 0 Å². The van der Waals surface area contributed by atoms with E-state index in [1.807, 2.05) is 0 Å². The Morgan fingerprint density at radius 2 is 2.00 bits per heavy atom. The first-order chi connectivity index (χ1) is 9.28. The van der Waals surface area contributed by atoms with Gasteiger partial charge in [0, 0.05) is 11.5 Å². The SMILES string of the molecule is CCC(C)c1ccc(C2OCC3CCCC3O2)cc1. The lowest BCUT2D eigenvalue weighted by Crippen LogP contribution is -2.32. The van der Waals surface area contributed by atoms with Crippen LogP contribution in [0.5, 0.6) is 0 Å². The Hall–Kier alpha value is -0.860. The maximum Gasteiger partial charge on any atom is 0.184 e. The van der Waals surface area contributed by atoms with Gasteiger partial charge in [0.05, 0.1) is 12.7 Å². The Morgan fingerprint density at radius 1 is 1.21 bits per heavy atom. The Morgan fingerprint density at radius 3 is 2.74 bits per heavy atom. The molecule has 0 N–H and O–H groups in total. The van der Waals surface area contributed by atoms with Crippen molar-refractivity contribution in [3.63, 3.8) is 0 Å². The molecular formula is C17H24O2. The van der Waals surface area contributed by atoms with Crippen molar-refractivity contribution in [2.24, 2.45) is 5.92 Å². The van der Waals surface area contributed by atoms with E-state index in [1.165, 1.54) is 31.2 Å². The van der Waals surface area contributed by atoms with Crippen LogP contribution in [0.4, 0.5) is 0 Å². The average Bonchev–Trinajstić information content (AvgIpc) is 2.94. The smallest absolute Gasteiger partial charge is 0.184 e. The Kier molecular flexibility index (Phi) is 3.90.